The number of aliphatic imine (C=N–C) groups is 1. The van der Waals surface area contributed by atoms with Crippen molar-refractivity contribution in [2.75, 3.05) is 25.1 Å². The maximum Gasteiger partial charge on any atom is 0.243 e. The second-order valence-corrected chi connectivity index (χ2v) is 8.93. The van der Waals surface area contributed by atoms with Gasteiger partial charge in [0.15, 0.2) is 5.96 Å². The van der Waals surface area contributed by atoms with E-state index >= 15 is 0 Å². The van der Waals surface area contributed by atoms with Gasteiger partial charge in [-0.05, 0) is 43.3 Å². The van der Waals surface area contributed by atoms with Crippen molar-refractivity contribution in [2.24, 2.45) is 22.2 Å². The molecule has 3 amide bonds. The van der Waals surface area contributed by atoms with E-state index in [2.05, 4.69) is 20.9 Å². The molecule has 1 aromatic rings. The first-order valence-corrected chi connectivity index (χ1v) is 12.9. The van der Waals surface area contributed by atoms with Crippen molar-refractivity contribution in [1.82, 2.24) is 16.0 Å². The van der Waals surface area contributed by atoms with E-state index in [9.17, 15) is 14.4 Å². The van der Waals surface area contributed by atoms with Crippen LogP contribution in [0.4, 0.5) is 0 Å². The molecule has 0 radical (unpaired) electrons. The molecule has 3 atom stereocenters. The normalized spacial score (nSPS) is 13.3. The number of carbonyl (C=O) groups excluding carboxylic acids is 3. The Hall–Kier alpha value is -2.79. The van der Waals surface area contributed by atoms with E-state index in [4.69, 9.17) is 17.2 Å². The van der Waals surface area contributed by atoms with Crippen molar-refractivity contribution in [1.29, 1.82) is 0 Å². The van der Waals surface area contributed by atoms with Gasteiger partial charge in [-0.2, -0.15) is 11.8 Å². The molecule has 0 aliphatic carbocycles. The minimum Gasteiger partial charge on any atom is -0.370 e. The Morgan fingerprint density at radius 1 is 1.00 bits per heavy atom. The van der Waals surface area contributed by atoms with Gasteiger partial charge in [-0.15, -0.1) is 0 Å². The third-order valence-electron chi connectivity index (χ3n) is 5.01. The molecule has 0 bridgehead atoms. The Morgan fingerprint density at radius 3 is 2.29 bits per heavy atom. The van der Waals surface area contributed by atoms with E-state index in [-0.39, 0.29) is 18.3 Å². The summed E-state index contributed by atoms with van der Waals surface area (Å²) in [5, 5.41) is 8.39. The lowest BCUT2D eigenvalue weighted by atomic mass is 10.0. The average molecular weight is 494 g/mol. The molecule has 9 N–H and O–H groups in total. The Balaban J connectivity index is 2.95. The molecule has 0 saturated carbocycles. The first-order valence-electron chi connectivity index (χ1n) is 11.5. The van der Waals surface area contributed by atoms with Crippen LogP contribution in [0.2, 0.25) is 0 Å². The highest BCUT2D eigenvalue weighted by atomic mass is 32.2. The van der Waals surface area contributed by atoms with Gasteiger partial charge in [0.1, 0.15) is 12.1 Å². The van der Waals surface area contributed by atoms with Gasteiger partial charge in [-0.1, -0.05) is 37.3 Å². The Kier molecular flexibility index (Phi) is 14.4. The van der Waals surface area contributed by atoms with E-state index in [0.29, 0.717) is 32.4 Å². The molecule has 11 heteroatoms. The molecule has 0 aliphatic heterocycles. The van der Waals surface area contributed by atoms with Crippen molar-refractivity contribution < 1.29 is 14.4 Å². The molecular formula is C23H39N7O3S. The molecular weight excluding hydrogens is 454 g/mol. The Morgan fingerprint density at radius 2 is 1.68 bits per heavy atom. The summed E-state index contributed by atoms with van der Waals surface area (Å²) < 4.78 is 0. The van der Waals surface area contributed by atoms with Gasteiger partial charge in [-0.25, -0.2) is 0 Å². The zero-order chi connectivity index (χ0) is 25.3. The summed E-state index contributed by atoms with van der Waals surface area (Å²) in [6, 6.07) is 7.03. The van der Waals surface area contributed by atoms with E-state index in [1.165, 1.54) is 0 Å². The topological polar surface area (TPSA) is 178 Å². The third kappa shape index (κ3) is 11.9. The molecule has 34 heavy (non-hydrogen) atoms. The van der Waals surface area contributed by atoms with Gasteiger partial charge in [0, 0.05) is 19.5 Å². The minimum atomic E-state index is -0.876. The van der Waals surface area contributed by atoms with Crippen LogP contribution < -0.4 is 33.2 Å². The molecule has 0 heterocycles. The second kappa shape index (κ2) is 16.8. The zero-order valence-corrected chi connectivity index (χ0v) is 20.9. The lowest BCUT2D eigenvalue weighted by Crippen LogP contribution is -2.56. The number of nitrogens with one attached hydrogen (secondary N) is 3. The molecule has 0 spiro atoms. The number of nitrogens with zero attached hydrogens (tertiary/aromatic N) is 1. The van der Waals surface area contributed by atoms with Crippen LogP contribution in [-0.2, 0) is 20.8 Å². The van der Waals surface area contributed by atoms with Crippen LogP contribution in [0.25, 0.3) is 0 Å². The van der Waals surface area contributed by atoms with Crippen molar-refractivity contribution >= 4 is 35.4 Å². The van der Waals surface area contributed by atoms with Gasteiger partial charge in [-0.3, -0.25) is 19.4 Å². The van der Waals surface area contributed by atoms with Crippen molar-refractivity contribution in [3.63, 3.8) is 0 Å². The predicted molar refractivity (Wildman–Crippen MR) is 138 cm³/mol. The molecule has 190 valence electrons. The quantitative estimate of drug-likeness (QED) is 0.105. The number of thioether (sulfide) groups is 1. The molecule has 0 unspecified atom stereocenters. The number of hydrogen-bond acceptors (Lipinski definition) is 6. The van der Waals surface area contributed by atoms with Gasteiger partial charge in [0.25, 0.3) is 0 Å². The standard InChI is InChI=1S/C23H39N7O3S/c1-3-12-27-21(32)19(15-16-8-5-4-6-9-16)30-22(33)18(10-7-13-28-23(25)26)29-20(31)17(24)11-14-34-2/h4-6,8-9,17-19H,3,7,10-15,24H2,1-2H3,(H,27,32)(H,29,31)(H,30,33)(H4,25,26,28)/t17-,18-,19-/m0/s1. The number of guanidine groups is 1. The first-order chi connectivity index (χ1) is 16.3. The van der Waals surface area contributed by atoms with E-state index in [0.717, 1.165) is 17.7 Å². The van der Waals surface area contributed by atoms with Gasteiger partial charge in [0.2, 0.25) is 17.7 Å². The summed E-state index contributed by atoms with van der Waals surface area (Å²) >= 11 is 1.59. The van der Waals surface area contributed by atoms with Gasteiger partial charge in [0.05, 0.1) is 6.04 Å². The van der Waals surface area contributed by atoms with Gasteiger partial charge >= 0.3 is 0 Å². The molecule has 0 fully saturated rings. The maximum absolute atomic E-state index is 13.2. The van der Waals surface area contributed by atoms with Gasteiger partial charge < -0.3 is 33.2 Å². The van der Waals surface area contributed by atoms with Crippen LogP contribution in [0.3, 0.4) is 0 Å². The molecule has 0 aliphatic rings. The van der Waals surface area contributed by atoms with Crippen LogP contribution >= 0.6 is 11.8 Å². The monoisotopic (exact) mass is 493 g/mol. The number of benzene rings is 1. The Labute approximate surface area is 206 Å². The van der Waals surface area contributed by atoms with Crippen molar-refractivity contribution in [3.05, 3.63) is 35.9 Å². The van der Waals surface area contributed by atoms with E-state index < -0.39 is 29.9 Å². The van der Waals surface area contributed by atoms with Crippen LogP contribution in [-0.4, -0.2) is 66.9 Å². The fraction of sp³-hybridized carbons (Fsp3) is 0.565. The largest absolute Gasteiger partial charge is 0.370 e. The highest BCUT2D eigenvalue weighted by Crippen LogP contribution is 2.07. The summed E-state index contributed by atoms with van der Waals surface area (Å²) in [6.45, 7) is 2.77. The average Bonchev–Trinajstić information content (AvgIpc) is 2.82. The van der Waals surface area contributed by atoms with Crippen LogP contribution in [0, 0.1) is 0 Å². The molecule has 1 rings (SSSR count). The first kappa shape index (κ1) is 29.2. The van der Waals surface area contributed by atoms with E-state index in [1.807, 2.05) is 43.5 Å². The summed E-state index contributed by atoms with van der Waals surface area (Å²) in [5.41, 5.74) is 17.6. The molecule has 0 saturated heterocycles. The lowest BCUT2D eigenvalue weighted by Gasteiger charge is -2.24. The number of rotatable bonds is 16. The number of carbonyl (C=O) groups is 3. The number of nitrogens with two attached hydrogens (primary N) is 3. The number of amides is 3. The molecule has 0 aromatic heterocycles. The molecule has 1 aromatic carbocycles. The van der Waals surface area contributed by atoms with Crippen molar-refractivity contribution in [3.8, 4) is 0 Å². The fourth-order valence-corrected chi connectivity index (χ4v) is 3.62. The highest BCUT2D eigenvalue weighted by Gasteiger charge is 2.28. The summed E-state index contributed by atoms with van der Waals surface area (Å²) in [7, 11) is 0. The second-order valence-electron chi connectivity index (χ2n) is 7.94. The third-order valence-corrected chi connectivity index (χ3v) is 5.66. The smallest absolute Gasteiger partial charge is 0.243 e. The lowest BCUT2D eigenvalue weighted by molar-refractivity contribution is -0.132. The van der Waals surface area contributed by atoms with Crippen LogP contribution in [0.15, 0.2) is 35.3 Å². The maximum atomic E-state index is 13.2. The van der Waals surface area contributed by atoms with E-state index in [1.54, 1.807) is 11.8 Å². The van der Waals surface area contributed by atoms with Crippen LogP contribution in [0.1, 0.15) is 38.2 Å². The summed E-state index contributed by atoms with van der Waals surface area (Å²) in [5.74, 6) is -0.457. The van der Waals surface area contributed by atoms with Crippen molar-refractivity contribution in [2.45, 2.75) is 57.2 Å². The SMILES string of the molecule is CCCNC(=O)[C@H](Cc1ccccc1)NC(=O)[C@H](CCCN=C(N)N)NC(=O)[C@@H](N)CCSC. The summed E-state index contributed by atoms with van der Waals surface area (Å²) in [6.07, 6.45) is 4.27. The Bertz CT molecular complexity index is 788. The fourth-order valence-electron chi connectivity index (χ4n) is 3.13. The minimum absolute atomic E-state index is 0.0420. The predicted octanol–water partition coefficient (Wildman–Crippen LogP) is -0.141. The van der Waals surface area contributed by atoms with Crippen LogP contribution in [0.5, 0.6) is 0 Å². The zero-order valence-electron chi connectivity index (χ0n) is 20.1. The highest BCUT2D eigenvalue weighted by molar-refractivity contribution is 7.98. The summed E-state index contributed by atoms with van der Waals surface area (Å²) in [4.78, 5) is 42.5. The number of hydrogen-bond donors (Lipinski definition) is 6. The molecule has 10 nitrogen and oxygen atoms in total.